The first-order valence-corrected chi connectivity index (χ1v) is 11.7. The molecule has 1 aromatic carbocycles. The second-order valence-electron chi connectivity index (χ2n) is 6.26. The Hall–Kier alpha value is -2.71. The number of pyridine rings is 1. The van der Waals surface area contributed by atoms with Gasteiger partial charge in [-0.3, -0.25) is 4.79 Å². The van der Waals surface area contributed by atoms with E-state index in [0.29, 0.717) is 12.5 Å². The van der Waals surface area contributed by atoms with Crippen LogP contribution < -0.4 is 10.1 Å². The van der Waals surface area contributed by atoms with Crippen LogP contribution in [0.3, 0.4) is 0 Å². The molecular formula is C21H22N2O4S2. The van der Waals surface area contributed by atoms with Crippen LogP contribution in [0.4, 0.5) is 5.00 Å². The smallest absolute Gasteiger partial charge is 0.229 e. The van der Waals surface area contributed by atoms with Crippen molar-refractivity contribution in [3.63, 3.8) is 0 Å². The van der Waals surface area contributed by atoms with Crippen molar-refractivity contribution in [2.45, 2.75) is 25.2 Å². The molecular weight excluding hydrogens is 408 g/mol. The molecule has 152 valence electrons. The van der Waals surface area contributed by atoms with Crippen molar-refractivity contribution in [3.8, 4) is 17.0 Å². The third-order valence-corrected chi connectivity index (χ3v) is 6.85. The lowest BCUT2D eigenvalue weighted by Crippen LogP contribution is -2.13. The van der Waals surface area contributed by atoms with Gasteiger partial charge in [-0.05, 0) is 48.4 Å². The molecule has 0 saturated heterocycles. The fourth-order valence-electron chi connectivity index (χ4n) is 2.75. The number of nitrogens with one attached hydrogen (secondary N) is 1. The average molecular weight is 431 g/mol. The zero-order valence-electron chi connectivity index (χ0n) is 16.2. The third kappa shape index (κ3) is 5.21. The molecule has 3 rings (SSSR count). The number of carbonyl (C=O) groups excluding carboxylic acids is 1. The summed E-state index contributed by atoms with van der Waals surface area (Å²) >= 11 is 1.42. The van der Waals surface area contributed by atoms with E-state index in [1.807, 2.05) is 30.5 Å². The number of benzene rings is 1. The maximum Gasteiger partial charge on any atom is 0.229 e. The van der Waals surface area contributed by atoms with E-state index in [9.17, 15) is 13.2 Å². The zero-order valence-corrected chi connectivity index (χ0v) is 17.8. The van der Waals surface area contributed by atoms with Crippen LogP contribution in [0.1, 0.15) is 19.4 Å². The number of ether oxygens (including phenoxy) is 1. The molecule has 1 N–H and O–H groups in total. The molecule has 0 bridgehead atoms. The van der Waals surface area contributed by atoms with Gasteiger partial charge in [-0.25, -0.2) is 13.4 Å². The van der Waals surface area contributed by atoms with Crippen LogP contribution in [-0.4, -0.2) is 31.7 Å². The van der Waals surface area contributed by atoms with E-state index in [2.05, 4.69) is 10.3 Å². The maximum absolute atomic E-state index is 12.4. The van der Waals surface area contributed by atoms with E-state index in [0.717, 1.165) is 21.7 Å². The fraction of sp³-hybridized carbons (Fsp3) is 0.238. The minimum atomic E-state index is -3.24. The largest absolute Gasteiger partial charge is 0.478 e. The average Bonchev–Trinajstić information content (AvgIpc) is 3.17. The predicted octanol–water partition coefficient (Wildman–Crippen LogP) is 4.18. The van der Waals surface area contributed by atoms with Crippen LogP contribution in [0.5, 0.6) is 5.88 Å². The Kier molecular flexibility index (Phi) is 6.66. The number of thiophene rings is 1. The molecule has 0 aliphatic heterocycles. The standard InChI is InChI=1S/C21H22N2O4S2/c1-3-27-21-18(6-5-11-22-21)16-13-20(28-14-16)23-19(24)12-15-7-9-17(10-8-15)29(25,26)4-2/h5-11,13-14H,3-4,12H2,1-2H3,(H,23,24). The lowest BCUT2D eigenvalue weighted by atomic mass is 10.1. The minimum absolute atomic E-state index is 0.0511. The van der Waals surface area contributed by atoms with Gasteiger partial charge in [0.1, 0.15) is 0 Å². The second kappa shape index (κ2) is 9.19. The van der Waals surface area contributed by atoms with E-state index < -0.39 is 9.84 Å². The number of nitrogens with zero attached hydrogens (tertiary/aromatic N) is 1. The number of hydrogen-bond donors (Lipinski definition) is 1. The molecule has 6 nitrogen and oxygen atoms in total. The summed E-state index contributed by atoms with van der Waals surface area (Å²) in [5.41, 5.74) is 2.55. The Balaban J connectivity index is 1.67. The molecule has 0 spiro atoms. The van der Waals surface area contributed by atoms with Gasteiger partial charge in [0.2, 0.25) is 11.8 Å². The van der Waals surface area contributed by atoms with E-state index in [1.54, 1.807) is 37.4 Å². The van der Waals surface area contributed by atoms with Crippen LogP contribution in [-0.2, 0) is 21.1 Å². The topological polar surface area (TPSA) is 85.4 Å². The van der Waals surface area contributed by atoms with Crippen LogP contribution in [0.2, 0.25) is 0 Å². The molecule has 3 aromatic rings. The summed E-state index contributed by atoms with van der Waals surface area (Å²) in [4.78, 5) is 16.9. The van der Waals surface area contributed by atoms with Crippen LogP contribution in [0, 0.1) is 0 Å². The van der Waals surface area contributed by atoms with Crippen LogP contribution in [0.25, 0.3) is 11.1 Å². The monoisotopic (exact) mass is 430 g/mol. The van der Waals surface area contributed by atoms with Gasteiger partial charge in [-0.15, -0.1) is 11.3 Å². The van der Waals surface area contributed by atoms with Gasteiger partial charge >= 0.3 is 0 Å². The Morgan fingerprint density at radius 3 is 2.62 bits per heavy atom. The molecule has 0 saturated carbocycles. The molecule has 0 fully saturated rings. The van der Waals surface area contributed by atoms with Gasteiger partial charge in [-0.1, -0.05) is 19.1 Å². The van der Waals surface area contributed by atoms with E-state index in [-0.39, 0.29) is 23.0 Å². The number of sulfone groups is 1. The SMILES string of the molecule is CCOc1ncccc1-c1csc(NC(=O)Cc2ccc(S(=O)(=O)CC)cc2)c1. The van der Waals surface area contributed by atoms with E-state index in [1.165, 1.54) is 11.3 Å². The van der Waals surface area contributed by atoms with Gasteiger partial charge in [-0.2, -0.15) is 0 Å². The molecule has 0 radical (unpaired) electrons. The number of rotatable bonds is 8. The number of aromatic nitrogens is 1. The summed E-state index contributed by atoms with van der Waals surface area (Å²) in [6.07, 6.45) is 1.84. The lowest BCUT2D eigenvalue weighted by molar-refractivity contribution is -0.115. The highest BCUT2D eigenvalue weighted by molar-refractivity contribution is 7.91. The van der Waals surface area contributed by atoms with Crippen molar-refractivity contribution in [3.05, 3.63) is 59.6 Å². The van der Waals surface area contributed by atoms with Gasteiger partial charge in [0.15, 0.2) is 9.84 Å². The number of anilines is 1. The summed E-state index contributed by atoms with van der Waals surface area (Å²) in [6, 6.07) is 12.1. The van der Waals surface area contributed by atoms with Crippen LogP contribution in [0.15, 0.2) is 58.9 Å². The normalized spacial score (nSPS) is 11.2. The van der Waals surface area contributed by atoms with Gasteiger partial charge in [0.25, 0.3) is 0 Å². The number of amides is 1. The molecule has 2 heterocycles. The third-order valence-electron chi connectivity index (χ3n) is 4.25. The quantitative estimate of drug-likeness (QED) is 0.579. The van der Waals surface area contributed by atoms with E-state index >= 15 is 0 Å². The summed E-state index contributed by atoms with van der Waals surface area (Å²) < 4.78 is 29.3. The van der Waals surface area contributed by atoms with Gasteiger partial charge in [0, 0.05) is 17.1 Å². The van der Waals surface area contributed by atoms with Crippen LogP contribution >= 0.6 is 11.3 Å². The molecule has 8 heteroatoms. The summed E-state index contributed by atoms with van der Waals surface area (Å²) in [6.45, 7) is 4.03. The number of carbonyl (C=O) groups is 1. The lowest BCUT2D eigenvalue weighted by Gasteiger charge is -2.07. The molecule has 0 unspecified atom stereocenters. The summed E-state index contributed by atoms with van der Waals surface area (Å²) in [5.74, 6) is 0.448. The second-order valence-corrected chi connectivity index (χ2v) is 9.45. The van der Waals surface area contributed by atoms with Crippen molar-refractivity contribution < 1.29 is 17.9 Å². The minimum Gasteiger partial charge on any atom is -0.478 e. The first-order valence-electron chi connectivity index (χ1n) is 9.21. The highest BCUT2D eigenvalue weighted by atomic mass is 32.2. The van der Waals surface area contributed by atoms with Crippen molar-refractivity contribution in [1.82, 2.24) is 4.98 Å². The van der Waals surface area contributed by atoms with E-state index in [4.69, 9.17) is 4.74 Å². The van der Waals surface area contributed by atoms with Gasteiger partial charge < -0.3 is 10.1 Å². The predicted molar refractivity (Wildman–Crippen MR) is 115 cm³/mol. The summed E-state index contributed by atoms with van der Waals surface area (Å²) in [5, 5.41) is 5.56. The molecule has 0 atom stereocenters. The molecule has 0 aliphatic rings. The first kappa shape index (κ1) is 21.0. The van der Waals surface area contributed by atoms with Crippen molar-refractivity contribution >= 4 is 32.1 Å². The Labute approximate surface area is 174 Å². The van der Waals surface area contributed by atoms with Gasteiger partial charge in [0.05, 0.1) is 28.7 Å². The summed E-state index contributed by atoms with van der Waals surface area (Å²) in [7, 11) is -3.24. The molecule has 2 aromatic heterocycles. The number of hydrogen-bond acceptors (Lipinski definition) is 6. The highest BCUT2D eigenvalue weighted by Gasteiger charge is 2.13. The Morgan fingerprint density at radius 2 is 1.93 bits per heavy atom. The first-order chi connectivity index (χ1) is 13.9. The van der Waals surface area contributed by atoms with Crippen molar-refractivity contribution in [1.29, 1.82) is 0 Å². The highest BCUT2D eigenvalue weighted by Crippen LogP contribution is 2.33. The van der Waals surface area contributed by atoms with Crippen molar-refractivity contribution in [2.75, 3.05) is 17.7 Å². The zero-order chi connectivity index (χ0) is 20.9. The molecule has 29 heavy (non-hydrogen) atoms. The Bertz CT molecular complexity index is 1090. The molecule has 0 aliphatic carbocycles. The Morgan fingerprint density at radius 1 is 1.17 bits per heavy atom. The molecule has 1 amide bonds. The fourth-order valence-corrected chi connectivity index (χ4v) is 4.45. The van der Waals surface area contributed by atoms with Crippen molar-refractivity contribution in [2.24, 2.45) is 0 Å². The maximum atomic E-state index is 12.4.